The topological polar surface area (TPSA) is 32.3 Å². The number of carbonyl (C=O) groups excluding carboxylic acids is 1. The third-order valence-electron chi connectivity index (χ3n) is 4.08. The van der Waals surface area contributed by atoms with Gasteiger partial charge in [-0.3, -0.25) is 4.79 Å². The van der Waals surface area contributed by atoms with Crippen molar-refractivity contribution in [1.29, 1.82) is 0 Å². The van der Waals surface area contributed by atoms with Crippen LogP contribution >= 0.6 is 0 Å². The molecule has 19 heavy (non-hydrogen) atoms. The molecule has 1 N–H and O–H groups in total. The molecule has 1 aromatic carbocycles. The molecule has 0 unspecified atom stereocenters. The zero-order valence-electron chi connectivity index (χ0n) is 12.4. The van der Waals surface area contributed by atoms with E-state index in [1.807, 2.05) is 37.1 Å². The molecule has 1 saturated heterocycles. The number of likely N-dealkylation sites (tertiary alicyclic amines) is 1. The fourth-order valence-electron chi connectivity index (χ4n) is 2.54. The first kappa shape index (κ1) is 13.9. The van der Waals surface area contributed by atoms with Gasteiger partial charge in [0.25, 0.3) is 5.91 Å². The molecule has 2 rings (SSSR count). The zero-order chi connectivity index (χ0) is 14.0. The van der Waals surface area contributed by atoms with Gasteiger partial charge in [-0.15, -0.1) is 0 Å². The number of anilines is 1. The summed E-state index contributed by atoms with van der Waals surface area (Å²) in [6.45, 7) is 8.31. The first-order valence-corrected chi connectivity index (χ1v) is 7.01. The molecule has 1 aliphatic rings. The van der Waals surface area contributed by atoms with E-state index in [2.05, 4.69) is 19.2 Å². The minimum Gasteiger partial charge on any atom is -0.387 e. The van der Waals surface area contributed by atoms with Gasteiger partial charge in [-0.2, -0.15) is 0 Å². The minimum atomic E-state index is 0.156. The Morgan fingerprint density at radius 2 is 1.89 bits per heavy atom. The molecule has 0 atom stereocenters. The SMILES string of the molecule is CNc1ccc(C)cc1C(=O)N1CCC(C)(C)CC1. The Morgan fingerprint density at radius 1 is 1.26 bits per heavy atom. The van der Waals surface area contributed by atoms with E-state index in [4.69, 9.17) is 0 Å². The van der Waals surface area contributed by atoms with Crippen molar-refractivity contribution < 1.29 is 4.79 Å². The molecule has 1 aromatic rings. The van der Waals surface area contributed by atoms with Crippen LogP contribution in [0.1, 0.15) is 42.6 Å². The number of hydrogen-bond donors (Lipinski definition) is 1. The molecule has 3 nitrogen and oxygen atoms in total. The van der Waals surface area contributed by atoms with Crippen LogP contribution < -0.4 is 5.32 Å². The van der Waals surface area contributed by atoms with Crippen molar-refractivity contribution in [3.63, 3.8) is 0 Å². The predicted molar refractivity (Wildman–Crippen MR) is 79.6 cm³/mol. The number of rotatable bonds is 2. The standard InChI is InChI=1S/C16H24N2O/c1-12-5-6-14(17-4)13(11-12)15(19)18-9-7-16(2,3)8-10-18/h5-6,11,17H,7-10H2,1-4H3. The van der Waals surface area contributed by atoms with Crippen LogP contribution in [0.4, 0.5) is 5.69 Å². The van der Waals surface area contributed by atoms with Gasteiger partial charge in [0.15, 0.2) is 0 Å². The maximum atomic E-state index is 12.6. The van der Waals surface area contributed by atoms with E-state index in [-0.39, 0.29) is 5.91 Å². The number of amides is 1. The zero-order valence-corrected chi connectivity index (χ0v) is 12.4. The molecule has 0 bridgehead atoms. The van der Waals surface area contributed by atoms with Crippen molar-refractivity contribution in [1.82, 2.24) is 4.90 Å². The highest BCUT2D eigenvalue weighted by Gasteiger charge is 2.29. The summed E-state index contributed by atoms with van der Waals surface area (Å²) in [6.07, 6.45) is 2.17. The highest BCUT2D eigenvalue weighted by molar-refractivity contribution is 5.99. The number of nitrogens with zero attached hydrogens (tertiary/aromatic N) is 1. The van der Waals surface area contributed by atoms with Crippen LogP contribution in [0.15, 0.2) is 18.2 Å². The Labute approximate surface area is 116 Å². The average molecular weight is 260 g/mol. The summed E-state index contributed by atoms with van der Waals surface area (Å²) in [4.78, 5) is 14.6. The number of aryl methyl sites for hydroxylation is 1. The van der Waals surface area contributed by atoms with E-state index in [1.165, 1.54) is 0 Å². The van der Waals surface area contributed by atoms with Gasteiger partial charge in [0.2, 0.25) is 0 Å². The fourth-order valence-corrected chi connectivity index (χ4v) is 2.54. The predicted octanol–water partition coefficient (Wildman–Crippen LogP) is 3.30. The highest BCUT2D eigenvalue weighted by Crippen LogP contribution is 2.31. The Balaban J connectivity index is 2.18. The monoisotopic (exact) mass is 260 g/mol. The third kappa shape index (κ3) is 3.09. The Hall–Kier alpha value is -1.51. The molecule has 0 saturated carbocycles. The first-order chi connectivity index (χ1) is 8.93. The van der Waals surface area contributed by atoms with Gasteiger partial charge < -0.3 is 10.2 Å². The van der Waals surface area contributed by atoms with Gasteiger partial charge in [0.05, 0.1) is 5.56 Å². The minimum absolute atomic E-state index is 0.156. The van der Waals surface area contributed by atoms with E-state index in [9.17, 15) is 4.79 Å². The molecular formula is C16H24N2O. The van der Waals surface area contributed by atoms with E-state index < -0.39 is 0 Å². The lowest BCUT2D eigenvalue weighted by Gasteiger charge is -2.37. The maximum absolute atomic E-state index is 12.6. The highest BCUT2D eigenvalue weighted by atomic mass is 16.2. The molecule has 0 aliphatic carbocycles. The van der Waals surface area contributed by atoms with Gasteiger partial charge in [-0.1, -0.05) is 25.5 Å². The van der Waals surface area contributed by atoms with Gasteiger partial charge in [-0.25, -0.2) is 0 Å². The third-order valence-corrected chi connectivity index (χ3v) is 4.08. The largest absolute Gasteiger partial charge is 0.387 e. The van der Waals surface area contributed by atoms with E-state index in [1.54, 1.807) is 0 Å². The Morgan fingerprint density at radius 3 is 2.47 bits per heavy atom. The van der Waals surface area contributed by atoms with Crippen molar-refractivity contribution in [3.05, 3.63) is 29.3 Å². The van der Waals surface area contributed by atoms with Crippen molar-refractivity contribution in [2.45, 2.75) is 33.6 Å². The van der Waals surface area contributed by atoms with Gasteiger partial charge >= 0.3 is 0 Å². The summed E-state index contributed by atoms with van der Waals surface area (Å²) in [5.74, 6) is 0.156. The normalized spacial score (nSPS) is 18.2. The molecule has 0 aromatic heterocycles. The second-order valence-electron chi connectivity index (χ2n) is 6.26. The van der Waals surface area contributed by atoms with Gasteiger partial charge in [0.1, 0.15) is 0 Å². The van der Waals surface area contributed by atoms with Crippen molar-refractivity contribution in [2.75, 3.05) is 25.5 Å². The lowest BCUT2D eigenvalue weighted by atomic mass is 9.82. The number of piperidine rings is 1. The first-order valence-electron chi connectivity index (χ1n) is 7.01. The average Bonchev–Trinajstić information content (AvgIpc) is 2.38. The summed E-state index contributed by atoms with van der Waals surface area (Å²) in [5.41, 5.74) is 3.21. The molecule has 3 heteroatoms. The molecule has 104 valence electrons. The molecule has 0 radical (unpaired) electrons. The van der Waals surface area contributed by atoms with Gasteiger partial charge in [0, 0.05) is 25.8 Å². The molecular weight excluding hydrogens is 236 g/mol. The molecule has 1 amide bonds. The quantitative estimate of drug-likeness (QED) is 0.885. The van der Waals surface area contributed by atoms with Crippen LogP contribution in [0.3, 0.4) is 0 Å². The van der Waals surface area contributed by atoms with Crippen molar-refractivity contribution >= 4 is 11.6 Å². The second kappa shape index (κ2) is 5.24. The Bertz CT molecular complexity index is 470. The number of carbonyl (C=O) groups is 1. The van der Waals surface area contributed by atoms with Crippen LogP contribution in [-0.4, -0.2) is 30.9 Å². The fraction of sp³-hybridized carbons (Fsp3) is 0.562. The van der Waals surface area contributed by atoms with Gasteiger partial charge in [-0.05, 0) is 37.3 Å². The van der Waals surface area contributed by atoms with Crippen LogP contribution in [0.5, 0.6) is 0 Å². The molecule has 1 heterocycles. The van der Waals surface area contributed by atoms with E-state index in [0.29, 0.717) is 5.41 Å². The second-order valence-corrected chi connectivity index (χ2v) is 6.26. The van der Waals surface area contributed by atoms with Crippen molar-refractivity contribution in [3.8, 4) is 0 Å². The van der Waals surface area contributed by atoms with E-state index in [0.717, 1.165) is 42.7 Å². The lowest BCUT2D eigenvalue weighted by Crippen LogP contribution is -2.41. The summed E-state index contributed by atoms with van der Waals surface area (Å²) < 4.78 is 0. The smallest absolute Gasteiger partial charge is 0.255 e. The van der Waals surface area contributed by atoms with Crippen LogP contribution in [-0.2, 0) is 0 Å². The van der Waals surface area contributed by atoms with E-state index >= 15 is 0 Å². The molecule has 1 fully saturated rings. The summed E-state index contributed by atoms with van der Waals surface area (Å²) in [6, 6.07) is 5.99. The number of hydrogen-bond acceptors (Lipinski definition) is 2. The van der Waals surface area contributed by atoms with Crippen LogP contribution in [0.25, 0.3) is 0 Å². The number of benzene rings is 1. The van der Waals surface area contributed by atoms with Crippen LogP contribution in [0, 0.1) is 12.3 Å². The number of nitrogens with one attached hydrogen (secondary N) is 1. The van der Waals surface area contributed by atoms with Crippen LogP contribution in [0.2, 0.25) is 0 Å². The lowest BCUT2D eigenvalue weighted by molar-refractivity contribution is 0.0631. The maximum Gasteiger partial charge on any atom is 0.255 e. The van der Waals surface area contributed by atoms with Crippen molar-refractivity contribution in [2.24, 2.45) is 5.41 Å². The summed E-state index contributed by atoms with van der Waals surface area (Å²) >= 11 is 0. The Kier molecular flexibility index (Phi) is 3.83. The summed E-state index contributed by atoms with van der Waals surface area (Å²) in [5, 5.41) is 3.11. The molecule has 0 spiro atoms. The summed E-state index contributed by atoms with van der Waals surface area (Å²) in [7, 11) is 1.86. The molecule has 1 aliphatic heterocycles.